The van der Waals surface area contributed by atoms with Crippen molar-refractivity contribution in [3.05, 3.63) is 24.3 Å². The number of para-hydroxylation sites is 2. The topological polar surface area (TPSA) is 38.7 Å². The van der Waals surface area contributed by atoms with Crippen molar-refractivity contribution >= 4 is 0 Å². The average Bonchev–Trinajstić information content (AvgIpc) is 2.23. The van der Waals surface area contributed by atoms with E-state index < -0.39 is 0 Å². The number of phenols is 1. The molecule has 0 amide bonds. The fourth-order valence-corrected chi connectivity index (χ4v) is 1.53. The minimum absolute atomic E-state index is 0.178. The monoisotopic (exact) mass is 194 g/mol. The first kappa shape index (κ1) is 9.34. The van der Waals surface area contributed by atoms with Crippen LogP contribution >= 0.6 is 0 Å². The first-order valence-electron chi connectivity index (χ1n) is 4.88. The van der Waals surface area contributed by atoms with Gasteiger partial charge in [-0.3, -0.25) is 0 Å². The van der Waals surface area contributed by atoms with Gasteiger partial charge in [-0.15, -0.1) is 0 Å². The molecule has 0 unspecified atom stereocenters. The summed E-state index contributed by atoms with van der Waals surface area (Å²) >= 11 is 0. The van der Waals surface area contributed by atoms with Gasteiger partial charge in [-0.25, -0.2) is 0 Å². The van der Waals surface area contributed by atoms with Crippen LogP contribution in [0.3, 0.4) is 0 Å². The molecule has 1 heterocycles. The summed E-state index contributed by atoms with van der Waals surface area (Å²) in [5.74, 6) is 0.776. The second kappa shape index (κ2) is 4.33. The largest absolute Gasteiger partial charge is 0.504 e. The molecule has 1 aromatic carbocycles. The van der Waals surface area contributed by atoms with Crippen LogP contribution in [-0.4, -0.2) is 24.4 Å². The maximum absolute atomic E-state index is 9.48. The van der Waals surface area contributed by atoms with Gasteiger partial charge >= 0.3 is 0 Å². The highest BCUT2D eigenvalue weighted by Gasteiger charge is 2.16. The van der Waals surface area contributed by atoms with E-state index in [9.17, 15) is 5.11 Å². The second-order valence-electron chi connectivity index (χ2n) is 3.40. The maximum Gasteiger partial charge on any atom is 0.161 e. The smallest absolute Gasteiger partial charge is 0.161 e. The molecule has 1 fully saturated rings. The van der Waals surface area contributed by atoms with Gasteiger partial charge in [0, 0.05) is 12.8 Å². The summed E-state index contributed by atoms with van der Waals surface area (Å²) < 4.78 is 10.9. The Labute approximate surface area is 83.3 Å². The van der Waals surface area contributed by atoms with Crippen molar-refractivity contribution in [2.24, 2.45) is 0 Å². The Morgan fingerprint density at radius 1 is 1.21 bits per heavy atom. The van der Waals surface area contributed by atoms with E-state index in [0.717, 1.165) is 26.1 Å². The van der Waals surface area contributed by atoms with Gasteiger partial charge in [-0.1, -0.05) is 12.1 Å². The van der Waals surface area contributed by atoms with Crippen LogP contribution in [0.15, 0.2) is 24.3 Å². The lowest BCUT2D eigenvalue weighted by molar-refractivity contribution is 0.0245. The minimum Gasteiger partial charge on any atom is -0.504 e. The first-order chi connectivity index (χ1) is 6.86. The third-order valence-corrected chi connectivity index (χ3v) is 2.33. The number of phenolic OH excluding ortho intramolecular Hbond substituents is 1. The fourth-order valence-electron chi connectivity index (χ4n) is 1.53. The molecule has 0 aromatic heterocycles. The summed E-state index contributed by atoms with van der Waals surface area (Å²) in [5, 5.41) is 9.48. The summed E-state index contributed by atoms with van der Waals surface area (Å²) in [6, 6.07) is 7.06. The van der Waals surface area contributed by atoms with Gasteiger partial charge in [0.25, 0.3) is 0 Å². The fraction of sp³-hybridized carbons (Fsp3) is 0.455. The van der Waals surface area contributed by atoms with Gasteiger partial charge in [0.1, 0.15) is 6.10 Å². The molecule has 0 atom stereocenters. The van der Waals surface area contributed by atoms with E-state index in [2.05, 4.69) is 0 Å². The lowest BCUT2D eigenvalue weighted by Gasteiger charge is -2.23. The summed E-state index contributed by atoms with van der Waals surface area (Å²) in [4.78, 5) is 0. The highest BCUT2D eigenvalue weighted by atomic mass is 16.5. The van der Waals surface area contributed by atoms with Gasteiger partial charge in [0.15, 0.2) is 11.5 Å². The number of benzene rings is 1. The van der Waals surface area contributed by atoms with E-state index >= 15 is 0 Å². The molecule has 1 aliphatic heterocycles. The molecule has 1 N–H and O–H groups in total. The third-order valence-electron chi connectivity index (χ3n) is 2.33. The number of aromatic hydroxyl groups is 1. The van der Waals surface area contributed by atoms with E-state index in [1.54, 1.807) is 18.2 Å². The lowest BCUT2D eigenvalue weighted by atomic mass is 10.1. The van der Waals surface area contributed by atoms with Crippen LogP contribution in [0.25, 0.3) is 0 Å². The molecule has 0 saturated carbocycles. The number of ether oxygens (including phenoxy) is 2. The molecule has 76 valence electrons. The van der Waals surface area contributed by atoms with Crippen LogP contribution in [-0.2, 0) is 4.74 Å². The van der Waals surface area contributed by atoms with Crippen LogP contribution in [0.1, 0.15) is 12.8 Å². The standard InChI is InChI=1S/C11H14O3/c12-10-3-1-2-4-11(10)14-9-5-7-13-8-6-9/h1-4,9,12H,5-8H2. The second-order valence-corrected chi connectivity index (χ2v) is 3.40. The van der Waals surface area contributed by atoms with Gasteiger partial charge in [-0.2, -0.15) is 0 Å². The molecule has 0 bridgehead atoms. The van der Waals surface area contributed by atoms with Crippen molar-refractivity contribution in [3.8, 4) is 11.5 Å². The van der Waals surface area contributed by atoms with Crippen LogP contribution in [0.4, 0.5) is 0 Å². The van der Waals surface area contributed by atoms with Crippen molar-refractivity contribution in [1.82, 2.24) is 0 Å². The van der Waals surface area contributed by atoms with Crippen molar-refractivity contribution < 1.29 is 14.6 Å². The predicted octanol–water partition coefficient (Wildman–Crippen LogP) is 1.95. The molecule has 2 rings (SSSR count). The van der Waals surface area contributed by atoms with Crippen molar-refractivity contribution in [3.63, 3.8) is 0 Å². The number of rotatable bonds is 2. The summed E-state index contributed by atoms with van der Waals surface area (Å²) in [5.41, 5.74) is 0. The Bertz CT molecular complexity index is 292. The Morgan fingerprint density at radius 3 is 2.64 bits per heavy atom. The predicted molar refractivity (Wildman–Crippen MR) is 52.6 cm³/mol. The molecule has 1 aromatic rings. The van der Waals surface area contributed by atoms with Gasteiger partial charge in [0.05, 0.1) is 13.2 Å². The zero-order valence-electron chi connectivity index (χ0n) is 7.98. The highest BCUT2D eigenvalue weighted by molar-refractivity contribution is 5.38. The molecule has 0 radical (unpaired) electrons. The Morgan fingerprint density at radius 2 is 1.93 bits per heavy atom. The minimum atomic E-state index is 0.178. The molecule has 0 spiro atoms. The molecule has 3 heteroatoms. The molecule has 1 aliphatic rings. The normalized spacial score (nSPS) is 18.0. The quantitative estimate of drug-likeness (QED) is 0.782. The molecule has 1 saturated heterocycles. The molecule has 3 nitrogen and oxygen atoms in total. The van der Waals surface area contributed by atoms with E-state index in [-0.39, 0.29) is 11.9 Å². The SMILES string of the molecule is Oc1ccccc1OC1CCOCC1. The molecular weight excluding hydrogens is 180 g/mol. The molecular formula is C11H14O3. The number of hydrogen-bond acceptors (Lipinski definition) is 3. The summed E-state index contributed by atoms with van der Waals surface area (Å²) in [6.07, 6.45) is 1.97. The van der Waals surface area contributed by atoms with Crippen LogP contribution in [0.5, 0.6) is 11.5 Å². The Hall–Kier alpha value is -1.22. The average molecular weight is 194 g/mol. The van der Waals surface area contributed by atoms with Crippen LogP contribution < -0.4 is 4.74 Å². The number of hydrogen-bond donors (Lipinski definition) is 1. The maximum atomic E-state index is 9.48. The van der Waals surface area contributed by atoms with Crippen molar-refractivity contribution in [2.45, 2.75) is 18.9 Å². The zero-order valence-corrected chi connectivity index (χ0v) is 7.98. The van der Waals surface area contributed by atoms with Gasteiger partial charge in [-0.05, 0) is 12.1 Å². The van der Waals surface area contributed by atoms with E-state index in [4.69, 9.17) is 9.47 Å². The van der Waals surface area contributed by atoms with Crippen LogP contribution in [0.2, 0.25) is 0 Å². The van der Waals surface area contributed by atoms with Crippen molar-refractivity contribution in [2.75, 3.05) is 13.2 Å². The zero-order chi connectivity index (χ0) is 9.80. The van der Waals surface area contributed by atoms with E-state index in [1.165, 1.54) is 0 Å². The van der Waals surface area contributed by atoms with E-state index in [0.29, 0.717) is 5.75 Å². The third kappa shape index (κ3) is 2.17. The van der Waals surface area contributed by atoms with Crippen LogP contribution in [0, 0.1) is 0 Å². The lowest BCUT2D eigenvalue weighted by Crippen LogP contribution is -2.25. The molecule has 14 heavy (non-hydrogen) atoms. The Kier molecular flexibility index (Phi) is 2.89. The molecule has 0 aliphatic carbocycles. The van der Waals surface area contributed by atoms with Gasteiger partial charge in [0.2, 0.25) is 0 Å². The first-order valence-corrected chi connectivity index (χ1v) is 4.88. The van der Waals surface area contributed by atoms with E-state index in [1.807, 2.05) is 6.07 Å². The summed E-state index contributed by atoms with van der Waals surface area (Å²) in [6.45, 7) is 1.50. The van der Waals surface area contributed by atoms with Crippen molar-refractivity contribution in [1.29, 1.82) is 0 Å². The summed E-state index contributed by atoms with van der Waals surface area (Å²) in [7, 11) is 0. The van der Waals surface area contributed by atoms with Gasteiger partial charge < -0.3 is 14.6 Å². The highest BCUT2D eigenvalue weighted by Crippen LogP contribution is 2.27. The Balaban J connectivity index is 1.99.